The van der Waals surface area contributed by atoms with Gasteiger partial charge in [-0.2, -0.15) is 0 Å². The average molecular weight is 653 g/mol. The zero-order valence-electron chi connectivity index (χ0n) is 26.3. The maximum atomic E-state index is 13.9. The zero-order valence-corrected chi connectivity index (χ0v) is 27.1. The maximum Gasteiger partial charge on any atom is 0.264 e. The normalized spacial score (nSPS) is 12.1. The highest BCUT2D eigenvalue weighted by atomic mass is 32.2. The van der Waals surface area contributed by atoms with Crippen LogP contribution in [0.15, 0.2) is 120 Å². The molecule has 5 aromatic rings. The molecule has 0 aromatic heterocycles. The minimum atomic E-state index is -4.14. The predicted molar refractivity (Wildman–Crippen MR) is 181 cm³/mol. The highest BCUT2D eigenvalue weighted by Gasteiger charge is 2.23. The number of aryl methyl sites for hydroxylation is 1. The molecule has 0 saturated heterocycles. The van der Waals surface area contributed by atoms with Crippen LogP contribution in [-0.4, -0.2) is 20.2 Å². The first-order chi connectivity index (χ1) is 22.6. The number of amides is 2. The Morgan fingerprint density at radius 2 is 1.53 bits per heavy atom. The number of hydrogen-bond acceptors (Lipinski definition) is 5. The van der Waals surface area contributed by atoms with Crippen LogP contribution in [0.25, 0.3) is 10.8 Å². The first-order valence-electron chi connectivity index (χ1n) is 15.5. The average Bonchev–Trinajstić information content (AvgIpc) is 3.06. The third-order valence-electron chi connectivity index (χ3n) is 7.76. The number of carbonyl (C=O) groups is 2. The van der Waals surface area contributed by atoms with Gasteiger partial charge in [0, 0.05) is 17.4 Å². The quantitative estimate of drug-likeness (QED) is 0.137. The lowest BCUT2D eigenvalue weighted by molar-refractivity contribution is -0.119. The molecular weight excluding hydrogens is 615 g/mol. The van der Waals surface area contributed by atoms with Gasteiger partial charge in [0.1, 0.15) is 18.2 Å². The summed E-state index contributed by atoms with van der Waals surface area (Å²) in [6.07, 6.45) is 0.570. The Bertz CT molecular complexity index is 1960. The summed E-state index contributed by atoms with van der Waals surface area (Å²) in [7, 11) is -4.14. The Morgan fingerprint density at radius 3 is 2.28 bits per heavy atom. The number of ether oxygens (including phenoxy) is 1. The van der Waals surface area contributed by atoms with Crippen LogP contribution in [0.5, 0.6) is 5.75 Å². The molecule has 0 aliphatic carbocycles. The second kappa shape index (κ2) is 15.0. The Hall–Kier alpha value is -5.02. The lowest BCUT2D eigenvalue weighted by atomic mass is 9.95. The van der Waals surface area contributed by atoms with Gasteiger partial charge in [0.2, 0.25) is 5.91 Å². The molecule has 0 saturated carbocycles. The summed E-state index contributed by atoms with van der Waals surface area (Å²) >= 11 is 0. The zero-order chi connectivity index (χ0) is 33.4. The maximum absolute atomic E-state index is 13.9. The summed E-state index contributed by atoms with van der Waals surface area (Å²) in [6, 6.07) is 32.3. The van der Waals surface area contributed by atoms with E-state index in [1.807, 2.05) is 56.3 Å². The van der Waals surface area contributed by atoms with Crippen molar-refractivity contribution in [2.45, 2.75) is 50.7 Å². The van der Waals surface area contributed by atoms with E-state index in [2.05, 4.69) is 10.0 Å². The summed E-state index contributed by atoms with van der Waals surface area (Å²) in [6.45, 7) is 4.29. The van der Waals surface area contributed by atoms with Crippen molar-refractivity contribution < 1.29 is 27.1 Å². The van der Waals surface area contributed by atoms with Crippen LogP contribution < -0.4 is 14.8 Å². The third-order valence-corrected chi connectivity index (χ3v) is 9.19. The molecule has 0 aliphatic rings. The van der Waals surface area contributed by atoms with Gasteiger partial charge < -0.3 is 10.1 Å². The van der Waals surface area contributed by atoms with Crippen molar-refractivity contribution in [3.63, 3.8) is 0 Å². The van der Waals surface area contributed by atoms with Gasteiger partial charge in [-0.1, -0.05) is 92.7 Å². The predicted octanol–water partition coefficient (Wildman–Crippen LogP) is 7.51. The number of carbonyl (C=O) groups excluding carboxylic acids is 2. The Balaban J connectivity index is 1.36. The van der Waals surface area contributed by atoms with Crippen molar-refractivity contribution in [2.75, 3.05) is 0 Å². The van der Waals surface area contributed by atoms with Gasteiger partial charge in [0.15, 0.2) is 0 Å². The van der Waals surface area contributed by atoms with Crippen LogP contribution in [0.2, 0.25) is 0 Å². The summed E-state index contributed by atoms with van der Waals surface area (Å²) in [5.41, 5.74) is 2.44. The molecule has 7 nitrogen and oxygen atoms in total. The number of fused-ring (bicyclic) bond motifs is 1. The van der Waals surface area contributed by atoms with Gasteiger partial charge in [-0.25, -0.2) is 17.5 Å². The van der Waals surface area contributed by atoms with E-state index >= 15 is 0 Å². The standard InChI is InChI=1S/C38H37FN2O5S/c1-26(2)23-35(30-17-20-31(39)21-18-30)40-38(43)34-24-27(25-46-32-11-4-3-5-12-32)15-16-29(34)19-22-37(42)41-47(44,45)36-14-8-10-28-9-6-7-13-33(28)36/h3-18,20-21,24,26,35H,19,22-23,25H2,1-2H3,(H,40,43)(H,41,42). The molecule has 5 rings (SSSR count). The van der Waals surface area contributed by atoms with Gasteiger partial charge in [-0.15, -0.1) is 0 Å². The highest BCUT2D eigenvalue weighted by Crippen LogP contribution is 2.25. The van der Waals surface area contributed by atoms with E-state index < -0.39 is 15.9 Å². The van der Waals surface area contributed by atoms with Gasteiger partial charge in [0.25, 0.3) is 15.9 Å². The molecule has 0 bridgehead atoms. The van der Waals surface area contributed by atoms with Gasteiger partial charge >= 0.3 is 0 Å². The minimum Gasteiger partial charge on any atom is -0.489 e. The lowest BCUT2D eigenvalue weighted by Gasteiger charge is -2.22. The molecule has 0 radical (unpaired) electrons. The molecule has 2 amide bonds. The molecule has 5 aromatic carbocycles. The van der Waals surface area contributed by atoms with Crippen LogP contribution in [0, 0.1) is 11.7 Å². The fourth-order valence-electron chi connectivity index (χ4n) is 5.44. The van der Waals surface area contributed by atoms with Gasteiger partial charge in [0.05, 0.1) is 10.9 Å². The summed E-state index contributed by atoms with van der Waals surface area (Å²) in [5.74, 6) is -0.495. The molecule has 47 heavy (non-hydrogen) atoms. The Labute approximate surface area is 274 Å². The number of sulfonamides is 1. The molecule has 9 heteroatoms. The van der Waals surface area contributed by atoms with E-state index in [0.717, 1.165) is 16.5 Å². The molecule has 0 heterocycles. The third kappa shape index (κ3) is 8.83. The molecular formula is C38H37FN2O5S. The summed E-state index contributed by atoms with van der Waals surface area (Å²) in [5, 5.41) is 4.36. The van der Waals surface area contributed by atoms with Crippen molar-refractivity contribution in [3.8, 4) is 5.75 Å². The fraction of sp³-hybridized carbons (Fsp3) is 0.211. The van der Waals surface area contributed by atoms with Crippen LogP contribution in [0.4, 0.5) is 4.39 Å². The summed E-state index contributed by atoms with van der Waals surface area (Å²) in [4.78, 5) is 26.9. The van der Waals surface area contributed by atoms with Crippen LogP contribution in [-0.2, 0) is 27.8 Å². The Morgan fingerprint density at radius 1 is 0.830 bits per heavy atom. The van der Waals surface area contributed by atoms with Crippen molar-refractivity contribution >= 4 is 32.6 Å². The Kier molecular flexibility index (Phi) is 10.7. The van der Waals surface area contributed by atoms with E-state index in [1.54, 1.807) is 54.6 Å². The number of halogens is 1. The van der Waals surface area contributed by atoms with E-state index in [4.69, 9.17) is 4.74 Å². The monoisotopic (exact) mass is 652 g/mol. The van der Waals surface area contributed by atoms with Crippen molar-refractivity contribution in [3.05, 3.63) is 143 Å². The molecule has 1 atom stereocenters. The van der Waals surface area contributed by atoms with Crippen molar-refractivity contribution in [1.82, 2.24) is 10.0 Å². The van der Waals surface area contributed by atoms with Crippen LogP contribution in [0.3, 0.4) is 0 Å². The molecule has 1 unspecified atom stereocenters. The molecule has 0 spiro atoms. The number of benzene rings is 5. The van der Waals surface area contributed by atoms with Gasteiger partial charge in [-0.05, 0) is 77.2 Å². The van der Waals surface area contributed by atoms with E-state index in [9.17, 15) is 22.4 Å². The second-order valence-corrected chi connectivity index (χ2v) is 13.5. The number of nitrogens with one attached hydrogen (secondary N) is 2. The smallest absolute Gasteiger partial charge is 0.264 e. The van der Waals surface area contributed by atoms with Crippen LogP contribution >= 0.6 is 0 Å². The molecule has 2 N–H and O–H groups in total. The topological polar surface area (TPSA) is 102 Å². The highest BCUT2D eigenvalue weighted by molar-refractivity contribution is 7.90. The van der Waals surface area contributed by atoms with E-state index in [0.29, 0.717) is 28.7 Å². The number of rotatable bonds is 13. The largest absolute Gasteiger partial charge is 0.489 e. The summed E-state index contributed by atoms with van der Waals surface area (Å²) < 4.78 is 48.2. The number of para-hydroxylation sites is 1. The van der Waals surface area contributed by atoms with Crippen molar-refractivity contribution in [1.29, 1.82) is 0 Å². The second-order valence-electron chi connectivity index (χ2n) is 11.8. The van der Waals surface area contributed by atoms with E-state index in [1.165, 1.54) is 18.2 Å². The lowest BCUT2D eigenvalue weighted by Crippen LogP contribution is -2.32. The molecule has 0 aliphatic heterocycles. The van der Waals surface area contributed by atoms with E-state index in [-0.39, 0.29) is 48.0 Å². The first-order valence-corrected chi connectivity index (χ1v) is 17.0. The first kappa shape index (κ1) is 33.3. The minimum absolute atomic E-state index is 0.0174. The van der Waals surface area contributed by atoms with Gasteiger partial charge in [-0.3, -0.25) is 9.59 Å². The fourth-order valence-corrected chi connectivity index (χ4v) is 6.69. The molecule has 242 valence electrons. The van der Waals surface area contributed by atoms with Crippen molar-refractivity contribution in [2.24, 2.45) is 5.92 Å². The SMILES string of the molecule is CC(C)CC(NC(=O)c1cc(COc2ccccc2)ccc1CCC(=O)NS(=O)(=O)c1cccc2ccccc12)c1ccc(F)cc1. The molecule has 0 fully saturated rings. The van der Waals surface area contributed by atoms with Crippen LogP contribution in [0.1, 0.15) is 59.8 Å². The number of hydrogen-bond donors (Lipinski definition) is 2.